The van der Waals surface area contributed by atoms with E-state index in [-0.39, 0.29) is 0 Å². The molecule has 3 heteroatoms. The molecule has 6 aromatic carbocycles. The van der Waals surface area contributed by atoms with E-state index in [1.54, 1.807) is 0 Å². The maximum Gasteiger partial charge on any atom is 0.0656 e. The van der Waals surface area contributed by atoms with E-state index < -0.39 is 0 Å². The number of anilines is 1. The molecule has 7 rings (SSSR count). The molecule has 1 aromatic heterocycles. The van der Waals surface area contributed by atoms with Crippen molar-refractivity contribution in [2.45, 2.75) is 0 Å². The third kappa shape index (κ3) is 3.80. The number of aromatic amines is 1. The van der Waals surface area contributed by atoms with Crippen molar-refractivity contribution in [1.29, 1.82) is 0 Å². The third-order valence-corrected chi connectivity index (χ3v) is 7.49. The number of aromatic nitrogens is 1. The fourth-order valence-corrected chi connectivity index (χ4v) is 5.87. The second-order valence-corrected chi connectivity index (χ2v) is 9.71. The molecular formula is C36H27N3. The molecule has 39 heavy (non-hydrogen) atoms. The molecule has 0 unspecified atom stereocenters. The molecule has 0 amide bonds. The van der Waals surface area contributed by atoms with Crippen molar-refractivity contribution in [2.75, 3.05) is 5.43 Å². The van der Waals surface area contributed by atoms with Crippen LogP contribution in [0.4, 0.5) is 5.69 Å². The average Bonchev–Trinajstić information content (AvgIpc) is 3.41. The van der Waals surface area contributed by atoms with Crippen molar-refractivity contribution in [3.05, 3.63) is 140 Å². The van der Waals surface area contributed by atoms with Gasteiger partial charge in [-0.2, -0.15) is 0 Å². The summed E-state index contributed by atoms with van der Waals surface area (Å²) in [6.45, 7) is 0. The van der Waals surface area contributed by atoms with E-state index in [2.05, 4.69) is 144 Å². The first kappa shape index (κ1) is 23.0. The molecule has 0 atom stereocenters. The van der Waals surface area contributed by atoms with Crippen LogP contribution >= 0.6 is 0 Å². The number of nitrogens with two attached hydrogens (primary N) is 1. The number of hydrazine groups is 1. The summed E-state index contributed by atoms with van der Waals surface area (Å²) in [5.41, 5.74) is 15.2. The van der Waals surface area contributed by atoms with Gasteiger partial charge in [-0.3, -0.25) is 5.84 Å². The molecule has 3 nitrogen and oxygen atoms in total. The average molecular weight is 502 g/mol. The molecule has 7 aromatic rings. The first-order valence-corrected chi connectivity index (χ1v) is 13.2. The summed E-state index contributed by atoms with van der Waals surface area (Å²) in [5, 5.41) is 2.34. The zero-order valence-corrected chi connectivity index (χ0v) is 21.4. The highest BCUT2D eigenvalue weighted by Gasteiger charge is 2.26. The number of fused-ring (bicyclic) bond motifs is 3. The van der Waals surface area contributed by atoms with Gasteiger partial charge in [-0.15, -0.1) is 0 Å². The van der Waals surface area contributed by atoms with E-state index in [0.717, 1.165) is 55.5 Å². The summed E-state index contributed by atoms with van der Waals surface area (Å²) in [6, 6.07) is 48.8. The highest BCUT2D eigenvalue weighted by atomic mass is 15.2. The number of hydrogen-bond acceptors (Lipinski definition) is 2. The number of rotatable bonds is 5. The molecule has 1 heterocycles. The molecule has 186 valence electrons. The van der Waals surface area contributed by atoms with E-state index in [9.17, 15) is 0 Å². The van der Waals surface area contributed by atoms with Crippen LogP contribution in [-0.2, 0) is 0 Å². The standard InChI is InChI=1S/C36H27N3/c37-39-36-31(26-18-9-3-10-19-26)30(25-16-7-2-8-17-25)35-34(32(36)27-20-11-4-12-21-27)33-28(22-13-23-29(33)38-35)24-14-5-1-6-15-24/h1-23,38-39H,37H2. The Bertz CT molecular complexity index is 1910. The Balaban J connectivity index is 1.76. The molecule has 0 saturated carbocycles. The molecule has 0 radical (unpaired) electrons. The Kier molecular flexibility index (Phi) is 5.69. The van der Waals surface area contributed by atoms with Gasteiger partial charge in [-0.25, -0.2) is 0 Å². The molecule has 0 aliphatic rings. The predicted molar refractivity (Wildman–Crippen MR) is 165 cm³/mol. The van der Waals surface area contributed by atoms with E-state index in [1.807, 2.05) is 6.07 Å². The lowest BCUT2D eigenvalue weighted by Gasteiger charge is -2.22. The Hall–Kier alpha value is -5.12. The molecule has 0 saturated heterocycles. The molecular weight excluding hydrogens is 474 g/mol. The van der Waals surface area contributed by atoms with Gasteiger partial charge in [0.05, 0.1) is 11.2 Å². The fourth-order valence-electron chi connectivity index (χ4n) is 5.87. The summed E-state index contributed by atoms with van der Waals surface area (Å²) >= 11 is 0. The van der Waals surface area contributed by atoms with Crippen LogP contribution in [0.15, 0.2) is 140 Å². The van der Waals surface area contributed by atoms with Crippen LogP contribution in [0.1, 0.15) is 0 Å². The van der Waals surface area contributed by atoms with E-state index in [0.29, 0.717) is 0 Å². The van der Waals surface area contributed by atoms with Crippen molar-refractivity contribution < 1.29 is 0 Å². The molecule has 0 fully saturated rings. The van der Waals surface area contributed by atoms with Crippen LogP contribution in [0.2, 0.25) is 0 Å². The Morgan fingerprint density at radius 3 is 1.46 bits per heavy atom. The van der Waals surface area contributed by atoms with E-state index in [4.69, 9.17) is 5.84 Å². The number of H-pyrrole nitrogens is 1. The SMILES string of the molecule is NNc1c(-c2ccccc2)c(-c2ccccc2)c2[nH]c3cccc(-c4ccccc4)c3c2c1-c1ccccc1. The molecule has 0 aliphatic heterocycles. The largest absolute Gasteiger partial charge is 0.354 e. The van der Waals surface area contributed by atoms with Crippen LogP contribution in [0.25, 0.3) is 66.3 Å². The Labute approximate surface area is 227 Å². The lowest BCUT2D eigenvalue weighted by Crippen LogP contribution is -2.11. The zero-order valence-electron chi connectivity index (χ0n) is 21.4. The number of nitrogen functional groups attached to an aromatic ring is 1. The second-order valence-electron chi connectivity index (χ2n) is 9.71. The van der Waals surface area contributed by atoms with Crippen LogP contribution in [0.5, 0.6) is 0 Å². The smallest absolute Gasteiger partial charge is 0.0656 e. The summed E-state index contributed by atoms with van der Waals surface area (Å²) in [4.78, 5) is 3.86. The predicted octanol–water partition coefficient (Wildman–Crippen LogP) is 9.27. The molecule has 0 aliphatic carbocycles. The van der Waals surface area contributed by atoms with Crippen molar-refractivity contribution in [3.8, 4) is 44.5 Å². The summed E-state index contributed by atoms with van der Waals surface area (Å²) in [5.74, 6) is 6.47. The first-order chi connectivity index (χ1) is 19.3. The Morgan fingerprint density at radius 2 is 0.923 bits per heavy atom. The fraction of sp³-hybridized carbons (Fsp3) is 0. The normalized spacial score (nSPS) is 11.2. The summed E-state index contributed by atoms with van der Waals surface area (Å²) < 4.78 is 0. The van der Waals surface area contributed by atoms with Crippen molar-refractivity contribution >= 4 is 27.5 Å². The first-order valence-electron chi connectivity index (χ1n) is 13.2. The maximum atomic E-state index is 6.47. The highest BCUT2D eigenvalue weighted by molar-refractivity contribution is 6.27. The Morgan fingerprint density at radius 1 is 0.436 bits per heavy atom. The van der Waals surface area contributed by atoms with Gasteiger partial charge < -0.3 is 10.4 Å². The van der Waals surface area contributed by atoms with Gasteiger partial charge in [0.25, 0.3) is 0 Å². The maximum absolute atomic E-state index is 6.47. The van der Waals surface area contributed by atoms with Gasteiger partial charge in [0.15, 0.2) is 0 Å². The number of nitrogens with one attached hydrogen (secondary N) is 2. The van der Waals surface area contributed by atoms with Gasteiger partial charge in [0.2, 0.25) is 0 Å². The quantitative estimate of drug-likeness (QED) is 0.163. The van der Waals surface area contributed by atoms with Crippen molar-refractivity contribution in [1.82, 2.24) is 4.98 Å². The van der Waals surface area contributed by atoms with Gasteiger partial charge in [0.1, 0.15) is 0 Å². The molecule has 0 spiro atoms. The number of hydrogen-bond donors (Lipinski definition) is 3. The molecule has 0 bridgehead atoms. The van der Waals surface area contributed by atoms with E-state index in [1.165, 1.54) is 16.5 Å². The third-order valence-electron chi connectivity index (χ3n) is 7.49. The monoisotopic (exact) mass is 501 g/mol. The highest BCUT2D eigenvalue weighted by Crippen LogP contribution is 2.52. The van der Waals surface area contributed by atoms with Gasteiger partial charge in [0, 0.05) is 33.0 Å². The van der Waals surface area contributed by atoms with Gasteiger partial charge in [-0.1, -0.05) is 133 Å². The lowest BCUT2D eigenvalue weighted by atomic mass is 9.84. The minimum Gasteiger partial charge on any atom is -0.354 e. The lowest BCUT2D eigenvalue weighted by molar-refractivity contribution is 1.36. The van der Waals surface area contributed by atoms with Crippen molar-refractivity contribution in [3.63, 3.8) is 0 Å². The van der Waals surface area contributed by atoms with Crippen LogP contribution in [0, 0.1) is 0 Å². The topological polar surface area (TPSA) is 53.8 Å². The summed E-state index contributed by atoms with van der Waals surface area (Å²) in [6.07, 6.45) is 0. The zero-order chi connectivity index (χ0) is 26.2. The van der Waals surface area contributed by atoms with Crippen LogP contribution in [-0.4, -0.2) is 4.98 Å². The summed E-state index contributed by atoms with van der Waals surface area (Å²) in [7, 11) is 0. The van der Waals surface area contributed by atoms with Crippen LogP contribution < -0.4 is 11.3 Å². The second kappa shape index (κ2) is 9.64. The minimum atomic E-state index is 0.905. The van der Waals surface area contributed by atoms with Crippen molar-refractivity contribution in [2.24, 2.45) is 5.84 Å². The van der Waals surface area contributed by atoms with Gasteiger partial charge >= 0.3 is 0 Å². The number of benzene rings is 6. The van der Waals surface area contributed by atoms with Gasteiger partial charge in [-0.05, 0) is 33.9 Å². The van der Waals surface area contributed by atoms with Crippen LogP contribution in [0.3, 0.4) is 0 Å². The minimum absolute atomic E-state index is 0.905. The molecule has 4 N–H and O–H groups in total. The van der Waals surface area contributed by atoms with E-state index >= 15 is 0 Å².